The number of amides is 1. The molecule has 0 aliphatic heterocycles. The van der Waals surface area contributed by atoms with E-state index >= 15 is 0 Å². The fourth-order valence-electron chi connectivity index (χ4n) is 3.39. The van der Waals surface area contributed by atoms with Gasteiger partial charge in [0.05, 0.1) is 17.9 Å². The summed E-state index contributed by atoms with van der Waals surface area (Å²) in [6.45, 7) is 7.72. The molecule has 0 saturated carbocycles. The van der Waals surface area contributed by atoms with E-state index < -0.39 is 6.04 Å². The number of aryl methyl sites for hydroxylation is 3. The minimum atomic E-state index is -0.777. The van der Waals surface area contributed by atoms with Gasteiger partial charge in [-0.15, -0.1) is 16.4 Å². The fraction of sp³-hybridized carbons (Fsp3) is 0.261. The lowest BCUT2D eigenvalue weighted by Crippen LogP contribution is -2.37. The number of carbonyl (C=O) groups excluding carboxylic acids is 1. The Morgan fingerprint density at radius 3 is 2.53 bits per heavy atom. The van der Waals surface area contributed by atoms with Gasteiger partial charge in [0.1, 0.15) is 11.0 Å². The molecule has 1 amide bonds. The summed E-state index contributed by atoms with van der Waals surface area (Å²) in [5.74, 6) is 0.194. The predicted octanol–water partition coefficient (Wildman–Crippen LogP) is 3.36. The summed E-state index contributed by atoms with van der Waals surface area (Å²) in [7, 11) is 0. The van der Waals surface area contributed by atoms with Crippen LogP contribution in [0.25, 0.3) is 16.4 Å². The summed E-state index contributed by atoms with van der Waals surface area (Å²) in [6, 6.07) is 14.1. The maximum absolute atomic E-state index is 12.8. The van der Waals surface area contributed by atoms with E-state index in [1.54, 1.807) is 29.0 Å². The topological polar surface area (TPSA) is 94.7 Å². The molecule has 164 valence electrons. The van der Waals surface area contributed by atoms with Crippen LogP contribution >= 0.6 is 11.3 Å². The quantitative estimate of drug-likeness (QED) is 0.488. The SMILES string of the molecule is Cc1cc(C)n(-c2ccc(=O)n(C(C)C(=O)NCc3sc(-c4ccccc4)nc3C)n2)n1. The van der Waals surface area contributed by atoms with E-state index in [0.29, 0.717) is 12.4 Å². The van der Waals surface area contributed by atoms with Gasteiger partial charge in [-0.05, 0) is 39.8 Å². The van der Waals surface area contributed by atoms with Crippen LogP contribution in [0.5, 0.6) is 0 Å². The summed E-state index contributed by atoms with van der Waals surface area (Å²) >= 11 is 1.55. The molecular weight excluding hydrogens is 424 g/mol. The number of aromatic nitrogens is 5. The standard InChI is InChI=1S/C23H24N6O2S/c1-14-12-15(2)28(26-14)20-10-11-21(30)29(27-20)17(4)22(31)24-13-19-16(3)25-23(32-19)18-8-6-5-7-9-18/h5-12,17H,13H2,1-4H3,(H,24,31). The molecule has 0 radical (unpaired) electrons. The highest BCUT2D eigenvalue weighted by Gasteiger charge is 2.19. The number of thiazole rings is 1. The Kier molecular flexibility index (Phi) is 6.00. The summed E-state index contributed by atoms with van der Waals surface area (Å²) in [4.78, 5) is 30.8. The Bertz CT molecular complexity index is 1320. The average molecular weight is 449 g/mol. The lowest BCUT2D eigenvalue weighted by atomic mass is 10.2. The molecule has 0 aliphatic carbocycles. The van der Waals surface area contributed by atoms with Crippen molar-refractivity contribution >= 4 is 17.2 Å². The van der Waals surface area contributed by atoms with E-state index in [0.717, 1.165) is 32.5 Å². The summed E-state index contributed by atoms with van der Waals surface area (Å²) in [6.07, 6.45) is 0. The zero-order valence-corrected chi connectivity index (χ0v) is 19.2. The predicted molar refractivity (Wildman–Crippen MR) is 124 cm³/mol. The minimum absolute atomic E-state index is 0.292. The highest BCUT2D eigenvalue weighted by Crippen LogP contribution is 2.27. The first kappa shape index (κ1) is 21.6. The molecule has 0 aliphatic rings. The highest BCUT2D eigenvalue weighted by molar-refractivity contribution is 7.15. The van der Waals surface area contributed by atoms with Gasteiger partial charge in [-0.25, -0.2) is 14.3 Å². The van der Waals surface area contributed by atoms with Crippen molar-refractivity contribution in [3.8, 4) is 16.4 Å². The van der Waals surface area contributed by atoms with Crippen molar-refractivity contribution < 1.29 is 4.79 Å². The molecule has 9 heteroatoms. The Morgan fingerprint density at radius 2 is 1.84 bits per heavy atom. The van der Waals surface area contributed by atoms with Crippen LogP contribution in [0.3, 0.4) is 0 Å². The second-order valence-electron chi connectivity index (χ2n) is 7.60. The number of hydrogen-bond acceptors (Lipinski definition) is 6. The normalized spacial score (nSPS) is 12.0. The lowest BCUT2D eigenvalue weighted by Gasteiger charge is -2.15. The highest BCUT2D eigenvalue weighted by atomic mass is 32.1. The summed E-state index contributed by atoms with van der Waals surface area (Å²) in [5.41, 5.74) is 3.32. The number of hydrogen-bond donors (Lipinski definition) is 1. The first-order valence-corrected chi connectivity index (χ1v) is 11.1. The monoisotopic (exact) mass is 448 g/mol. The fourth-order valence-corrected chi connectivity index (χ4v) is 4.40. The van der Waals surface area contributed by atoms with E-state index in [2.05, 4.69) is 20.5 Å². The second-order valence-corrected chi connectivity index (χ2v) is 8.68. The van der Waals surface area contributed by atoms with Gasteiger partial charge in [-0.1, -0.05) is 30.3 Å². The van der Waals surface area contributed by atoms with E-state index in [-0.39, 0.29) is 11.5 Å². The molecule has 0 spiro atoms. The van der Waals surface area contributed by atoms with Crippen molar-refractivity contribution in [3.63, 3.8) is 0 Å². The van der Waals surface area contributed by atoms with Gasteiger partial charge in [-0.2, -0.15) is 5.10 Å². The lowest BCUT2D eigenvalue weighted by molar-refractivity contribution is -0.124. The Morgan fingerprint density at radius 1 is 1.09 bits per heavy atom. The molecule has 8 nitrogen and oxygen atoms in total. The molecule has 1 atom stereocenters. The average Bonchev–Trinajstić information content (AvgIpc) is 3.33. The first-order valence-electron chi connectivity index (χ1n) is 10.3. The van der Waals surface area contributed by atoms with Gasteiger partial charge in [0, 0.05) is 22.2 Å². The minimum Gasteiger partial charge on any atom is -0.349 e. The first-order chi connectivity index (χ1) is 15.3. The maximum atomic E-state index is 12.8. The van der Waals surface area contributed by atoms with Crippen LogP contribution in [-0.4, -0.2) is 30.5 Å². The van der Waals surface area contributed by atoms with Gasteiger partial charge < -0.3 is 5.32 Å². The molecule has 4 rings (SSSR count). The van der Waals surface area contributed by atoms with E-state index in [9.17, 15) is 9.59 Å². The Hall–Kier alpha value is -3.59. The van der Waals surface area contributed by atoms with E-state index in [4.69, 9.17) is 0 Å². The number of rotatable bonds is 6. The van der Waals surface area contributed by atoms with Crippen molar-refractivity contribution in [1.29, 1.82) is 0 Å². The van der Waals surface area contributed by atoms with Crippen LogP contribution in [0.15, 0.2) is 53.3 Å². The Labute approximate surface area is 189 Å². The van der Waals surface area contributed by atoms with Crippen LogP contribution in [-0.2, 0) is 11.3 Å². The van der Waals surface area contributed by atoms with Gasteiger partial charge in [0.15, 0.2) is 5.82 Å². The molecule has 32 heavy (non-hydrogen) atoms. The molecule has 1 aromatic carbocycles. The second kappa shape index (κ2) is 8.88. The van der Waals surface area contributed by atoms with Crippen molar-refractivity contribution in [2.75, 3.05) is 0 Å². The Balaban J connectivity index is 1.50. The number of carbonyl (C=O) groups is 1. The van der Waals surface area contributed by atoms with Crippen LogP contribution in [0.4, 0.5) is 0 Å². The third-order valence-electron chi connectivity index (χ3n) is 5.12. The number of nitrogens with zero attached hydrogens (tertiary/aromatic N) is 5. The van der Waals surface area contributed by atoms with Gasteiger partial charge in [0.25, 0.3) is 5.56 Å². The third-order valence-corrected chi connectivity index (χ3v) is 6.33. The van der Waals surface area contributed by atoms with Crippen molar-refractivity contribution in [1.82, 2.24) is 29.9 Å². The van der Waals surface area contributed by atoms with Crippen molar-refractivity contribution in [2.24, 2.45) is 0 Å². The molecule has 3 aromatic heterocycles. The van der Waals surface area contributed by atoms with E-state index in [1.807, 2.05) is 57.2 Å². The summed E-state index contributed by atoms with van der Waals surface area (Å²) in [5, 5.41) is 12.6. The molecule has 4 aromatic rings. The maximum Gasteiger partial charge on any atom is 0.267 e. The summed E-state index contributed by atoms with van der Waals surface area (Å²) < 4.78 is 2.84. The molecule has 1 N–H and O–H groups in total. The van der Waals surface area contributed by atoms with Crippen molar-refractivity contribution in [2.45, 2.75) is 40.3 Å². The van der Waals surface area contributed by atoms with E-state index in [1.165, 1.54) is 10.7 Å². The zero-order valence-electron chi connectivity index (χ0n) is 18.4. The molecule has 0 saturated heterocycles. The smallest absolute Gasteiger partial charge is 0.267 e. The molecule has 0 bridgehead atoms. The van der Waals surface area contributed by atoms with Gasteiger partial charge >= 0.3 is 0 Å². The third kappa shape index (κ3) is 4.38. The number of nitrogens with one attached hydrogen (secondary N) is 1. The van der Waals surface area contributed by atoms with Crippen LogP contribution in [0, 0.1) is 20.8 Å². The zero-order chi connectivity index (χ0) is 22.8. The van der Waals surface area contributed by atoms with Crippen LogP contribution in [0.2, 0.25) is 0 Å². The van der Waals surface area contributed by atoms with Gasteiger partial charge in [0.2, 0.25) is 5.91 Å². The molecule has 0 fully saturated rings. The molecule has 1 unspecified atom stereocenters. The molecule has 3 heterocycles. The van der Waals surface area contributed by atoms with Gasteiger partial charge in [-0.3, -0.25) is 9.59 Å². The van der Waals surface area contributed by atoms with Crippen molar-refractivity contribution in [3.05, 3.63) is 80.8 Å². The largest absolute Gasteiger partial charge is 0.349 e. The number of benzene rings is 1. The molecular formula is C23H24N6O2S. The van der Waals surface area contributed by atoms with Crippen LogP contribution < -0.4 is 10.9 Å². The van der Waals surface area contributed by atoms with Crippen LogP contribution in [0.1, 0.15) is 34.9 Å².